The Balaban J connectivity index is 3.08. The molecule has 0 atom stereocenters. The van der Waals surface area contributed by atoms with Crippen LogP contribution in [0.5, 0.6) is 5.88 Å². The number of pyridine rings is 1. The Morgan fingerprint density at radius 2 is 2.25 bits per heavy atom. The minimum Gasteiger partial charge on any atom is -0.474 e. The number of hydrogen-bond donors (Lipinski definition) is 0. The molecule has 0 N–H and O–H groups in total. The first-order valence-corrected chi connectivity index (χ1v) is 4.73. The molecule has 1 rings (SSSR count). The number of aromatic nitrogens is 1. The zero-order valence-electron chi connectivity index (χ0n) is 9.35. The van der Waals surface area contributed by atoms with E-state index in [1.807, 2.05) is 19.9 Å². The number of nitriles is 1. The van der Waals surface area contributed by atoms with E-state index < -0.39 is 5.97 Å². The minimum absolute atomic E-state index is 0.0800. The van der Waals surface area contributed by atoms with E-state index in [0.717, 1.165) is 0 Å². The summed E-state index contributed by atoms with van der Waals surface area (Å²) in [5, 5.41) is 8.89. The Labute approximate surface area is 93.6 Å². The van der Waals surface area contributed by atoms with Crippen molar-refractivity contribution in [2.45, 2.75) is 20.0 Å². The van der Waals surface area contributed by atoms with Gasteiger partial charge in [0.25, 0.3) is 0 Å². The van der Waals surface area contributed by atoms with Crippen LogP contribution in [0, 0.1) is 11.3 Å². The van der Waals surface area contributed by atoms with Crippen LogP contribution in [0.15, 0.2) is 12.3 Å². The Hall–Kier alpha value is -2.09. The highest BCUT2D eigenvalue weighted by atomic mass is 16.5. The van der Waals surface area contributed by atoms with E-state index >= 15 is 0 Å². The highest BCUT2D eigenvalue weighted by Gasteiger charge is 2.12. The molecule has 1 heterocycles. The second-order valence-corrected chi connectivity index (χ2v) is 3.35. The Bertz CT molecular complexity index is 435. The van der Waals surface area contributed by atoms with Crippen molar-refractivity contribution >= 4 is 5.97 Å². The summed E-state index contributed by atoms with van der Waals surface area (Å²) >= 11 is 0. The second-order valence-electron chi connectivity index (χ2n) is 3.35. The zero-order chi connectivity index (χ0) is 12.1. The van der Waals surface area contributed by atoms with Gasteiger partial charge in [0.05, 0.1) is 18.8 Å². The summed E-state index contributed by atoms with van der Waals surface area (Å²) in [7, 11) is 1.27. The van der Waals surface area contributed by atoms with Gasteiger partial charge in [-0.1, -0.05) is 0 Å². The molecule has 16 heavy (non-hydrogen) atoms. The lowest BCUT2D eigenvalue weighted by Gasteiger charge is -2.10. The largest absolute Gasteiger partial charge is 0.474 e. The van der Waals surface area contributed by atoms with E-state index in [4.69, 9.17) is 10.00 Å². The molecule has 0 bridgehead atoms. The van der Waals surface area contributed by atoms with E-state index in [-0.39, 0.29) is 23.1 Å². The van der Waals surface area contributed by atoms with Gasteiger partial charge in [-0.2, -0.15) is 5.26 Å². The Kier molecular flexibility index (Phi) is 3.84. The Morgan fingerprint density at radius 3 is 2.75 bits per heavy atom. The van der Waals surface area contributed by atoms with Crippen molar-refractivity contribution in [1.29, 1.82) is 5.26 Å². The summed E-state index contributed by atoms with van der Waals surface area (Å²) in [5.74, 6) is -0.301. The smallest absolute Gasteiger partial charge is 0.339 e. The first-order valence-electron chi connectivity index (χ1n) is 4.73. The molecule has 1 aromatic rings. The molecule has 0 amide bonds. The maximum absolute atomic E-state index is 11.2. The zero-order valence-corrected chi connectivity index (χ0v) is 9.35. The molecular weight excluding hydrogens is 208 g/mol. The highest BCUT2D eigenvalue weighted by molar-refractivity contribution is 5.89. The van der Waals surface area contributed by atoms with Crippen LogP contribution in [0.1, 0.15) is 29.8 Å². The number of esters is 1. The van der Waals surface area contributed by atoms with Gasteiger partial charge < -0.3 is 9.47 Å². The molecule has 0 saturated carbocycles. The van der Waals surface area contributed by atoms with Gasteiger partial charge in [-0.3, -0.25) is 0 Å². The quantitative estimate of drug-likeness (QED) is 0.722. The number of carbonyl (C=O) groups is 1. The van der Waals surface area contributed by atoms with Gasteiger partial charge in [0.1, 0.15) is 11.6 Å². The van der Waals surface area contributed by atoms with Crippen LogP contribution in [0.3, 0.4) is 0 Å². The number of ether oxygens (including phenoxy) is 2. The number of methoxy groups -OCH3 is 1. The van der Waals surface area contributed by atoms with Crippen molar-refractivity contribution in [1.82, 2.24) is 4.98 Å². The number of rotatable bonds is 3. The molecule has 0 radical (unpaired) electrons. The van der Waals surface area contributed by atoms with Gasteiger partial charge >= 0.3 is 5.97 Å². The minimum atomic E-state index is -0.528. The SMILES string of the molecule is COC(=O)c1cnc(OC(C)C)c(C#N)c1. The third kappa shape index (κ3) is 2.70. The van der Waals surface area contributed by atoms with Crippen LogP contribution >= 0.6 is 0 Å². The fourth-order valence-corrected chi connectivity index (χ4v) is 1.08. The molecule has 0 aromatic carbocycles. The third-order valence-corrected chi connectivity index (χ3v) is 1.74. The van der Waals surface area contributed by atoms with Crippen molar-refractivity contribution < 1.29 is 14.3 Å². The maximum atomic E-state index is 11.2. The predicted octanol–water partition coefficient (Wildman–Crippen LogP) is 1.53. The van der Waals surface area contributed by atoms with Crippen LogP contribution in [0.2, 0.25) is 0 Å². The van der Waals surface area contributed by atoms with Crippen LogP contribution in [0.25, 0.3) is 0 Å². The van der Waals surface area contributed by atoms with Gasteiger partial charge in [-0.15, -0.1) is 0 Å². The van der Waals surface area contributed by atoms with E-state index in [0.29, 0.717) is 0 Å². The van der Waals surface area contributed by atoms with Crippen LogP contribution in [-0.2, 0) is 4.74 Å². The second kappa shape index (κ2) is 5.12. The summed E-state index contributed by atoms with van der Waals surface area (Å²) in [6.45, 7) is 3.66. The topological polar surface area (TPSA) is 72.2 Å². The first-order chi connectivity index (χ1) is 7.58. The lowest BCUT2D eigenvalue weighted by molar-refractivity contribution is 0.0600. The van der Waals surface area contributed by atoms with Crippen LogP contribution in [0.4, 0.5) is 0 Å². The van der Waals surface area contributed by atoms with Gasteiger partial charge in [-0.25, -0.2) is 9.78 Å². The molecule has 84 valence electrons. The first kappa shape index (κ1) is 12.0. The van der Waals surface area contributed by atoms with Crippen molar-refractivity contribution in [3.05, 3.63) is 23.4 Å². The van der Waals surface area contributed by atoms with Crippen LogP contribution < -0.4 is 4.74 Å². The molecule has 5 heteroatoms. The lowest BCUT2D eigenvalue weighted by atomic mass is 10.2. The molecule has 0 unspecified atom stereocenters. The van der Waals surface area contributed by atoms with Gasteiger partial charge in [0.2, 0.25) is 5.88 Å². The van der Waals surface area contributed by atoms with Crippen molar-refractivity contribution in [2.75, 3.05) is 7.11 Å². The van der Waals surface area contributed by atoms with E-state index in [1.165, 1.54) is 19.4 Å². The summed E-state index contributed by atoms with van der Waals surface area (Å²) in [6, 6.07) is 3.32. The van der Waals surface area contributed by atoms with Gasteiger partial charge in [0.15, 0.2) is 0 Å². The number of hydrogen-bond acceptors (Lipinski definition) is 5. The molecule has 0 fully saturated rings. The molecule has 0 aliphatic rings. The maximum Gasteiger partial charge on any atom is 0.339 e. The predicted molar refractivity (Wildman–Crippen MR) is 56.1 cm³/mol. The van der Waals surface area contributed by atoms with E-state index in [2.05, 4.69) is 9.72 Å². The summed E-state index contributed by atoms with van der Waals surface area (Å²) < 4.78 is 9.85. The Morgan fingerprint density at radius 1 is 1.56 bits per heavy atom. The van der Waals surface area contributed by atoms with Gasteiger partial charge in [-0.05, 0) is 19.9 Å². The molecule has 0 aliphatic carbocycles. The average molecular weight is 220 g/mol. The standard InChI is InChI=1S/C11H12N2O3/c1-7(2)16-10-8(5-12)4-9(6-13-10)11(14)15-3/h4,6-7H,1-3H3. The van der Waals surface area contributed by atoms with Crippen LogP contribution in [-0.4, -0.2) is 24.2 Å². The fraction of sp³-hybridized carbons (Fsp3) is 0.364. The normalized spacial score (nSPS) is 9.69. The third-order valence-electron chi connectivity index (χ3n) is 1.74. The summed E-state index contributed by atoms with van der Waals surface area (Å²) in [6.07, 6.45) is 1.24. The molecular formula is C11H12N2O3. The lowest BCUT2D eigenvalue weighted by Crippen LogP contribution is -2.10. The fourth-order valence-electron chi connectivity index (χ4n) is 1.08. The number of carbonyl (C=O) groups excluding carboxylic acids is 1. The molecule has 1 aromatic heterocycles. The average Bonchev–Trinajstić information content (AvgIpc) is 2.27. The van der Waals surface area contributed by atoms with Crippen molar-refractivity contribution in [2.24, 2.45) is 0 Å². The van der Waals surface area contributed by atoms with Crippen molar-refractivity contribution in [3.63, 3.8) is 0 Å². The number of nitrogens with zero attached hydrogens (tertiary/aromatic N) is 2. The summed E-state index contributed by atoms with van der Waals surface area (Å²) in [5.41, 5.74) is 0.451. The summed E-state index contributed by atoms with van der Waals surface area (Å²) in [4.78, 5) is 15.1. The molecule has 5 nitrogen and oxygen atoms in total. The molecule has 0 aliphatic heterocycles. The molecule has 0 saturated heterocycles. The van der Waals surface area contributed by atoms with Crippen molar-refractivity contribution in [3.8, 4) is 11.9 Å². The highest BCUT2D eigenvalue weighted by Crippen LogP contribution is 2.17. The van der Waals surface area contributed by atoms with Gasteiger partial charge in [0, 0.05) is 6.20 Å². The van der Waals surface area contributed by atoms with E-state index in [9.17, 15) is 4.79 Å². The van der Waals surface area contributed by atoms with E-state index in [1.54, 1.807) is 0 Å². The molecule has 0 spiro atoms. The monoisotopic (exact) mass is 220 g/mol.